The van der Waals surface area contributed by atoms with Crippen LogP contribution in [-0.2, 0) is 0 Å². The zero-order chi connectivity index (χ0) is 17.4. The fourth-order valence-electron chi connectivity index (χ4n) is 3.08. The largest absolute Gasteiger partial charge is 0.508 e. The van der Waals surface area contributed by atoms with E-state index in [1.807, 2.05) is 58.0 Å². The Kier molecular flexibility index (Phi) is 4.06. The van der Waals surface area contributed by atoms with E-state index in [4.69, 9.17) is 0 Å². The summed E-state index contributed by atoms with van der Waals surface area (Å²) in [6, 6.07) is 16.1. The maximum atomic E-state index is 9.87. The van der Waals surface area contributed by atoms with Crippen molar-refractivity contribution in [3.05, 3.63) is 70.8 Å². The Hall–Kier alpha value is -2.74. The van der Waals surface area contributed by atoms with E-state index in [2.05, 4.69) is 18.2 Å². The Bertz CT molecular complexity index is 851. The van der Waals surface area contributed by atoms with E-state index in [-0.39, 0.29) is 0 Å². The molecule has 2 N–H and O–H groups in total. The molecule has 122 valence electrons. The molecule has 3 aromatic carbocycles. The zero-order valence-corrected chi connectivity index (χ0v) is 14.5. The lowest BCUT2D eigenvalue weighted by molar-refractivity contribution is 0.470. The quantitative estimate of drug-likeness (QED) is 0.639. The van der Waals surface area contributed by atoms with Crippen LogP contribution in [0.2, 0.25) is 0 Å². The number of rotatable bonds is 2. The fourth-order valence-corrected chi connectivity index (χ4v) is 3.08. The van der Waals surface area contributed by atoms with Gasteiger partial charge < -0.3 is 10.2 Å². The van der Waals surface area contributed by atoms with Crippen LogP contribution in [0.15, 0.2) is 48.5 Å². The second-order valence-electron chi connectivity index (χ2n) is 6.49. The molecular weight excluding hydrogens is 296 g/mol. The Morgan fingerprint density at radius 3 is 1.38 bits per heavy atom. The van der Waals surface area contributed by atoms with Gasteiger partial charge in [0.1, 0.15) is 11.5 Å². The van der Waals surface area contributed by atoms with Gasteiger partial charge in [-0.05, 0) is 103 Å². The predicted octanol–water partition coefficient (Wildman–Crippen LogP) is 5.67. The second-order valence-corrected chi connectivity index (χ2v) is 6.49. The summed E-state index contributed by atoms with van der Waals surface area (Å²) in [6.45, 7) is 7.85. The first-order chi connectivity index (χ1) is 11.4. The van der Waals surface area contributed by atoms with Crippen molar-refractivity contribution >= 4 is 0 Å². The average Bonchev–Trinajstić information content (AvgIpc) is 2.54. The summed E-state index contributed by atoms with van der Waals surface area (Å²) in [5.74, 6) is 0.662. The molecule has 0 saturated carbocycles. The maximum Gasteiger partial charge on any atom is 0.118 e. The van der Waals surface area contributed by atoms with Gasteiger partial charge in [0.2, 0.25) is 0 Å². The molecule has 0 unspecified atom stereocenters. The van der Waals surface area contributed by atoms with Crippen molar-refractivity contribution in [2.24, 2.45) is 0 Å². The van der Waals surface area contributed by atoms with Crippen LogP contribution in [0, 0.1) is 27.7 Å². The Morgan fingerprint density at radius 2 is 0.958 bits per heavy atom. The minimum Gasteiger partial charge on any atom is -0.508 e. The van der Waals surface area contributed by atoms with E-state index in [1.54, 1.807) is 0 Å². The lowest BCUT2D eigenvalue weighted by Gasteiger charge is -2.13. The third-order valence-electron chi connectivity index (χ3n) is 4.57. The molecule has 0 aliphatic carbocycles. The van der Waals surface area contributed by atoms with Crippen LogP contribution in [0.5, 0.6) is 11.5 Å². The number of phenolic OH excluding ortho intramolecular Hbond substituents is 2. The molecule has 3 rings (SSSR count). The number of phenols is 2. The molecule has 0 atom stereocenters. The van der Waals surface area contributed by atoms with Gasteiger partial charge in [-0.15, -0.1) is 0 Å². The first kappa shape index (κ1) is 16.1. The van der Waals surface area contributed by atoms with E-state index >= 15 is 0 Å². The molecule has 0 aromatic heterocycles. The fraction of sp³-hybridized carbons (Fsp3) is 0.182. The van der Waals surface area contributed by atoms with Crippen molar-refractivity contribution < 1.29 is 10.2 Å². The number of aromatic hydroxyl groups is 2. The van der Waals surface area contributed by atoms with Crippen molar-refractivity contribution in [3.63, 3.8) is 0 Å². The van der Waals surface area contributed by atoms with Gasteiger partial charge in [-0.3, -0.25) is 0 Å². The van der Waals surface area contributed by atoms with Crippen LogP contribution in [-0.4, -0.2) is 10.2 Å². The van der Waals surface area contributed by atoms with Gasteiger partial charge in [-0.1, -0.05) is 18.2 Å². The Labute approximate surface area is 143 Å². The zero-order valence-electron chi connectivity index (χ0n) is 14.5. The monoisotopic (exact) mass is 318 g/mol. The van der Waals surface area contributed by atoms with Crippen molar-refractivity contribution in [1.29, 1.82) is 0 Å². The van der Waals surface area contributed by atoms with Gasteiger partial charge in [0, 0.05) is 0 Å². The van der Waals surface area contributed by atoms with Crippen LogP contribution in [0.3, 0.4) is 0 Å². The van der Waals surface area contributed by atoms with Crippen LogP contribution < -0.4 is 0 Å². The van der Waals surface area contributed by atoms with Gasteiger partial charge in [0.05, 0.1) is 0 Å². The molecule has 0 bridgehead atoms. The smallest absolute Gasteiger partial charge is 0.118 e. The molecule has 0 aliphatic heterocycles. The van der Waals surface area contributed by atoms with Crippen molar-refractivity contribution in [2.45, 2.75) is 27.7 Å². The summed E-state index contributed by atoms with van der Waals surface area (Å²) in [5.41, 5.74) is 8.34. The predicted molar refractivity (Wildman–Crippen MR) is 99.6 cm³/mol. The lowest BCUT2D eigenvalue weighted by Crippen LogP contribution is -1.89. The summed E-state index contributed by atoms with van der Waals surface area (Å²) in [5, 5.41) is 19.7. The van der Waals surface area contributed by atoms with E-state index in [9.17, 15) is 10.2 Å². The second kappa shape index (κ2) is 6.04. The Morgan fingerprint density at radius 1 is 0.542 bits per heavy atom. The molecule has 0 fully saturated rings. The third kappa shape index (κ3) is 2.88. The van der Waals surface area contributed by atoms with Gasteiger partial charge in [0.25, 0.3) is 0 Å². The SMILES string of the molecule is Cc1cc(-c2cccc(-c3cc(C)c(O)cc3C)c2)c(C)cc1O. The molecule has 0 saturated heterocycles. The third-order valence-corrected chi connectivity index (χ3v) is 4.57. The molecule has 0 spiro atoms. The van der Waals surface area contributed by atoms with Crippen molar-refractivity contribution in [2.75, 3.05) is 0 Å². The van der Waals surface area contributed by atoms with Crippen LogP contribution in [0.25, 0.3) is 22.3 Å². The minimum atomic E-state index is 0.331. The average molecular weight is 318 g/mol. The summed E-state index contributed by atoms with van der Waals surface area (Å²) < 4.78 is 0. The van der Waals surface area contributed by atoms with E-state index < -0.39 is 0 Å². The standard InChI is InChI=1S/C22H22O2/c1-13-10-21(23)15(3)8-19(13)17-6-5-7-18(12-17)20-9-16(4)22(24)11-14(20)2/h5-12,23-24H,1-4H3. The highest BCUT2D eigenvalue weighted by atomic mass is 16.3. The molecule has 0 aliphatic rings. The van der Waals surface area contributed by atoms with Gasteiger partial charge in [-0.2, -0.15) is 0 Å². The molecule has 0 heterocycles. The molecular formula is C22H22O2. The molecule has 2 nitrogen and oxygen atoms in total. The van der Waals surface area contributed by atoms with Gasteiger partial charge in [0.15, 0.2) is 0 Å². The number of hydrogen-bond acceptors (Lipinski definition) is 2. The van der Waals surface area contributed by atoms with E-state index in [0.717, 1.165) is 44.5 Å². The van der Waals surface area contributed by atoms with Crippen LogP contribution in [0.1, 0.15) is 22.3 Å². The summed E-state index contributed by atoms with van der Waals surface area (Å²) in [6.07, 6.45) is 0. The first-order valence-electron chi connectivity index (χ1n) is 8.08. The molecule has 24 heavy (non-hydrogen) atoms. The van der Waals surface area contributed by atoms with E-state index in [1.165, 1.54) is 0 Å². The topological polar surface area (TPSA) is 40.5 Å². The van der Waals surface area contributed by atoms with Gasteiger partial charge in [-0.25, -0.2) is 0 Å². The summed E-state index contributed by atoms with van der Waals surface area (Å²) >= 11 is 0. The highest BCUT2D eigenvalue weighted by Crippen LogP contribution is 2.34. The van der Waals surface area contributed by atoms with Crippen molar-refractivity contribution in [3.8, 4) is 33.8 Å². The summed E-state index contributed by atoms with van der Waals surface area (Å²) in [7, 11) is 0. The highest BCUT2D eigenvalue weighted by molar-refractivity contribution is 5.77. The van der Waals surface area contributed by atoms with Crippen molar-refractivity contribution in [1.82, 2.24) is 0 Å². The van der Waals surface area contributed by atoms with Crippen LogP contribution >= 0.6 is 0 Å². The number of aryl methyl sites for hydroxylation is 4. The Balaban J connectivity index is 2.14. The lowest BCUT2D eigenvalue weighted by atomic mass is 9.92. The molecule has 3 aromatic rings. The molecule has 0 amide bonds. The minimum absolute atomic E-state index is 0.331. The maximum absolute atomic E-state index is 9.87. The number of hydrogen-bond donors (Lipinski definition) is 2. The molecule has 2 heteroatoms. The molecule has 0 radical (unpaired) electrons. The normalized spacial score (nSPS) is 10.8. The van der Waals surface area contributed by atoms with E-state index in [0.29, 0.717) is 11.5 Å². The van der Waals surface area contributed by atoms with Crippen LogP contribution in [0.4, 0.5) is 0 Å². The highest BCUT2D eigenvalue weighted by Gasteiger charge is 2.10. The first-order valence-corrected chi connectivity index (χ1v) is 8.08. The number of benzene rings is 3. The van der Waals surface area contributed by atoms with Gasteiger partial charge >= 0.3 is 0 Å². The summed E-state index contributed by atoms with van der Waals surface area (Å²) in [4.78, 5) is 0.